The third kappa shape index (κ3) is 5.44. The number of carbonyl (C=O) groups excluding carboxylic acids is 1. The van der Waals surface area contributed by atoms with Crippen molar-refractivity contribution in [3.8, 4) is 0 Å². The topological polar surface area (TPSA) is 54.0 Å². The quantitative estimate of drug-likeness (QED) is 0.792. The standard InChI is InChI=1S/C16H21N3O.2ClH/c1-3-9-17-10-11-18-16(20)14-6-4-5-13-8-7-12(2)19-15(13)14;;/h4-8,17H,3,9-11H2,1-2H3,(H,18,20);2*1H. The predicted molar refractivity (Wildman–Crippen MR) is 96.5 cm³/mol. The molecule has 1 aromatic carbocycles. The van der Waals surface area contributed by atoms with Crippen molar-refractivity contribution in [3.05, 3.63) is 41.6 Å². The molecule has 2 N–H and O–H groups in total. The van der Waals surface area contributed by atoms with Gasteiger partial charge < -0.3 is 10.6 Å². The fourth-order valence-corrected chi connectivity index (χ4v) is 2.09. The Labute approximate surface area is 143 Å². The van der Waals surface area contributed by atoms with Crippen molar-refractivity contribution in [1.82, 2.24) is 15.6 Å². The first-order valence-electron chi connectivity index (χ1n) is 7.07. The lowest BCUT2D eigenvalue weighted by molar-refractivity contribution is 0.0955. The number of aryl methyl sites for hydroxylation is 1. The summed E-state index contributed by atoms with van der Waals surface area (Å²) in [6.45, 7) is 6.45. The zero-order chi connectivity index (χ0) is 14.4. The minimum atomic E-state index is -0.0630. The van der Waals surface area contributed by atoms with Crippen LogP contribution in [0.4, 0.5) is 0 Å². The van der Waals surface area contributed by atoms with Crippen LogP contribution in [0.3, 0.4) is 0 Å². The Morgan fingerprint density at radius 2 is 1.86 bits per heavy atom. The van der Waals surface area contributed by atoms with E-state index in [2.05, 4.69) is 22.5 Å². The van der Waals surface area contributed by atoms with Gasteiger partial charge in [0.2, 0.25) is 0 Å². The van der Waals surface area contributed by atoms with Crippen LogP contribution in [0.5, 0.6) is 0 Å². The smallest absolute Gasteiger partial charge is 0.253 e. The maximum absolute atomic E-state index is 12.2. The Morgan fingerprint density at radius 1 is 1.09 bits per heavy atom. The van der Waals surface area contributed by atoms with Gasteiger partial charge in [0.25, 0.3) is 5.91 Å². The molecule has 1 heterocycles. The number of nitrogens with one attached hydrogen (secondary N) is 2. The number of nitrogens with zero attached hydrogens (tertiary/aromatic N) is 1. The molecule has 1 amide bonds. The molecule has 0 aliphatic heterocycles. The van der Waals surface area contributed by atoms with Crippen molar-refractivity contribution in [2.45, 2.75) is 20.3 Å². The average Bonchev–Trinajstić information content (AvgIpc) is 2.46. The van der Waals surface area contributed by atoms with E-state index in [1.807, 2.05) is 37.3 Å². The number of carbonyl (C=O) groups is 1. The highest BCUT2D eigenvalue weighted by Gasteiger charge is 2.10. The first-order valence-corrected chi connectivity index (χ1v) is 7.07. The molecule has 6 heteroatoms. The number of aromatic nitrogens is 1. The number of para-hydroxylation sites is 1. The summed E-state index contributed by atoms with van der Waals surface area (Å²) < 4.78 is 0. The molecular weight excluding hydrogens is 321 g/mol. The third-order valence-electron chi connectivity index (χ3n) is 3.12. The van der Waals surface area contributed by atoms with Crippen LogP contribution >= 0.6 is 24.8 Å². The van der Waals surface area contributed by atoms with Gasteiger partial charge in [0.05, 0.1) is 11.1 Å². The maximum Gasteiger partial charge on any atom is 0.253 e. The van der Waals surface area contributed by atoms with Crippen LogP contribution in [0, 0.1) is 6.92 Å². The van der Waals surface area contributed by atoms with Gasteiger partial charge >= 0.3 is 0 Å². The van der Waals surface area contributed by atoms with Gasteiger partial charge in [0, 0.05) is 24.2 Å². The van der Waals surface area contributed by atoms with E-state index in [9.17, 15) is 4.79 Å². The molecule has 4 nitrogen and oxygen atoms in total. The lowest BCUT2D eigenvalue weighted by Gasteiger charge is -2.08. The lowest BCUT2D eigenvalue weighted by atomic mass is 10.1. The Balaban J connectivity index is 0.00000220. The van der Waals surface area contributed by atoms with Crippen LogP contribution in [0.25, 0.3) is 10.9 Å². The van der Waals surface area contributed by atoms with Crippen LogP contribution in [0.1, 0.15) is 29.4 Å². The van der Waals surface area contributed by atoms with Crippen molar-refractivity contribution in [1.29, 1.82) is 0 Å². The number of rotatable bonds is 6. The summed E-state index contributed by atoms with van der Waals surface area (Å²) >= 11 is 0. The van der Waals surface area contributed by atoms with E-state index in [0.717, 1.165) is 36.1 Å². The molecule has 0 saturated heterocycles. The number of pyridine rings is 1. The van der Waals surface area contributed by atoms with Gasteiger partial charge in [-0.1, -0.05) is 25.1 Å². The molecule has 0 aliphatic carbocycles. The van der Waals surface area contributed by atoms with Crippen LogP contribution in [-0.2, 0) is 0 Å². The molecule has 0 radical (unpaired) electrons. The molecule has 1 aromatic heterocycles. The molecule has 0 fully saturated rings. The Kier molecular flexibility index (Phi) is 9.74. The van der Waals surface area contributed by atoms with Crippen LogP contribution in [-0.4, -0.2) is 30.5 Å². The molecule has 2 rings (SSSR count). The predicted octanol–water partition coefficient (Wildman–Crippen LogP) is 3.12. The van der Waals surface area contributed by atoms with Crippen molar-refractivity contribution in [3.63, 3.8) is 0 Å². The van der Waals surface area contributed by atoms with Crippen LogP contribution < -0.4 is 10.6 Å². The monoisotopic (exact) mass is 343 g/mol. The first kappa shape index (κ1) is 20.6. The number of benzene rings is 1. The van der Waals surface area contributed by atoms with Gasteiger partial charge in [-0.2, -0.15) is 0 Å². The summed E-state index contributed by atoms with van der Waals surface area (Å²) in [7, 11) is 0. The molecule has 22 heavy (non-hydrogen) atoms. The Hall–Kier alpha value is -1.36. The molecule has 2 aromatic rings. The van der Waals surface area contributed by atoms with Crippen molar-refractivity contribution in [2.24, 2.45) is 0 Å². The first-order chi connectivity index (χ1) is 9.72. The van der Waals surface area contributed by atoms with Crippen molar-refractivity contribution < 1.29 is 4.79 Å². The lowest BCUT2D eigenvalue weighted by Crippen LogP contribution is -2.32. The van der Waals surface area contributed by atoms with Gasteiger partial charge in [0.1, 0.15) is 0 Å². The fourth-order valence-electron chi connectivity index (χ4n) is 2.09. The SMILES string of the molecule is CCCNCCNC(=O)c1cccc2ccc(C)nc12.Cl.Cl. The van der Waals surface area contributed by atoms with Crippen LogP contribution in [0.2, 0.25) is 0 Å². The molecule has 0 atom stereocenters. The minimum absolute atomic E-state index is 0. The van der Waals surface area contributed by atoms with Gasteiger partial charge in [-0.3, -0.25) is 9.78 Å². The highest BCUT2D eigenvalue weighted by atomic mass is 35.5. The molecule has 0 bridgehead atoms. The van der Waals surface area contributed by atoms with E-state index in [1.54, 1.807) is 0 Å². The van der Waals surface area contributed by atoms with Crippen molar-refractivity contribution >= 4 is 41.6 Å². The van der Waals surface area contributed by atoms with Gasteiger partial charge in [-0.15, -0.1) is 24.8 Å². The Bertz CT molecular complexity index is 605. The van der Waals surface area contributed by atoms with Gasteiger partial charge in [-0.25, -0.2) is 0 Å². The van der Waals surface area contributed by atoms with E-state index < -0.39 is 0 Å². The van der Waals surface area contributed by atoms with Crippen molar-refractivity contribution in [2.75, 3.05) is 19.6 Å². The second-order valence-electron chi connectivity index (χ2n) is 4.84. The van der Waals surface area contributed by atoms with Crippen LogP contribution in [0.15, 0.2) is 30.3 Å². The Morgan fingerprint density at radius 3 is 2.59 bits per heavy atom. The highest BCUT2D eigenvalue weighted by molar-refractivity contribution is 6.05. The third-order valence-corrected chi connectivity index (χ3v) is 3.12. The number of halogens is 2. The maximum atomic E-state index is 12.2. The molecule has 0 spiro atoms. The summed E-state index contributed by atoms with van der Waals surface area (Å²) in [5, 5.41) is 7.18. The van der Waals surface area contributed by atoms with E-state index in [0.29, 0.717) is 12.1 Å². The minimum Gasteiger partial charge on any atom is -0.351 e. The average molecular weight is 344 g/mol. The molecule has 0 aliphatic rings. The van der Waals surface area contributed by atoms with E-state index >= 15 is 0 Å². The number of hydrogen-bond acceptors (Lipinski definition) is 3. The van der Waals surface area contributed by atoms with E-state index in [-0.39, 0.29) is 30.7 Å². The second-order valence-corrected chi connectivity index (χ2v) is 4.84. The second kappa shape index (κ2) is 10.4. The van der Waals surface area contributed by atoms with E-state index in [1.165, 1.54) is 0 Å². The number of hydrogen-bond donors (Lipinski definition) is 2. The highest BCUT2D eigenvalue weighted by Crippen LogP contribution is 2.17. The number of amides is 1. The summed E-state index contributed by atoms with van der Waals surface area (Å²) in [6, 6.07) is 9.64. The summed E-state index contributed by atoms with van der Waals surface area (Å²) in [5.41, 5.74) is 2.33. The van der Waals surface area contributed by atoms with Gasteiger partial charge in [0.15, 0.2) is 0 Å². The van der Waals surface area contributed by atoms with Gasteiger partial charge in [-0.05, 0) is 32.0 Å². The summed E-state index contributed by atoms with van der Waals surface area (Å²) in [5.74, 6) is -0.0630. The zero-order valence-corrected chi connectivity index (χ0v) is 14.5. The fraction of sp³-hybridized carbons (Fsp3) is 0.375. The molecule has 0 unspecified atom stereocenters. The number of fused-ring (bicyclic) bond motifs is 1. The van der Waals surface area contributed by atoms with E-state index in [4.69, 9.17) is 0 Å². The molecule has 0 saturated carbocycles. The zero-order valence-electron chi connectivity index (χ0n) is 12.9. The summed E-state index contributed by atoms with van der Waals surface area (Å²) in [6.07, 6.45) is 1.10. The normalized spacial score (nSPS) is 9.73. The molecular formula is C16H23Cl2N3O. The summed E-state index contributed by atoms with van der Waals surface area (Å²) in [4.78, 5) is 16.7. The largest absolute Gasteiger partial charge is 0.351 e. The molecule has 122 valence electrons.